The summed E-state index contributed by atoms with van der Waals surface area (Å²) in [4.78, 5) is 2.26. The minimum Gasteiger partial charge on any atom is -0.359 e. The molecule has 0 aliphatic rings. The van der Waals surface area contributed by atoms with Crippen molar-refractivity contribution in [2.75, 3.05) is 18.5 Å². The Labute approximate surface area is 121 Å². The molecule has 0 bridgehead atoms. The lowest BCUT2D eigenvalue weighted by Gasteiger charge is -2.21. The van der Waals surface area contributed by atoms with Gasteiger partial charge in [0.1, 0.15) is 5.82 Å². The van der Waals surface area contributed by atoms with E-state index in [0.29, 0.717) is 6.54 Å². The summed E-state index contributed by atoms with van der Waals surface area (Å²) in [5.41, 5.74) is 9.15. The molecular weight excluding hydrogens is 248 g/mol. The third-order valence-corrected chi connectivity index (χ3v) is 3.57. The van der Waals surface area contributed by atoms with Crippen molar-refractivity contribution in [1.82, 2.24) is 9.78 Å². The average Bonchev–Trinajstić information content (AvgIpc) is 2.82. The summed E-state index contributed by atoms with van der Waals surface area (Å²) >= 11 is 0. The van der Waals surface area contributed by atoms with Crippen LogP contribution in [0.1, 0.15) is 31.0 Å². The maximum atomic E-state index is 5.93. The number of nitrogens with two attached hydrogens (primary N) is 1. The Morgan fingerprint density at radius 1 is 1.25 bits per heavy atom. The highest BCUT2D eigenvalue weighted by Crippen LogP contribution is 2.26. The van der Waals surface area contributed by atoms with E-state index in [9.17, 15) is 0 Å². The van der Waals surface area contributed by atoms with Crippen LogP contribution in [0, 0.1) is 6.92 Å². The minimum atomic E-state index is 0.518. The molecule has 0 spiro atoms. The normalized spacial score (nSPS) is 10.8. The number of aryl methyl sites for hydroxylation is 1. The van der Waals surface area contributed by atoms with Crippen molar-refractivity contribution in [1.29, 1.82) is 0 Å². The van der Waals surface area contributed by atoms with Crippen LogP contribution in [0.25, 0.3) is 5.69 Å². The molecule has 4 nitrogen and oxygen atoms in total. The van der Waals surface area contributed by atoms with E-state index in [2.05, 4.69) is 36.1 Å². The average molecular weight is 272 g/mol. The monoisotopic (exact) mass is 272 g/mol. The molecular formula is C16H24N4. The second-order valence-electron chi connectivity index (χ2n) is 5.11. The van der Waals surface area contributed by atoms with Crippen molar-refractivity contribution >= 4 is 5.82 Å². The molecule has 4 heteroatoms. The van der Waals surface area contributed by atoms with Crippen LogP contribution in [0.5, 0.6) is 0 Å². The summed E-state index contributed by atoms with van der Waals surface area (Å²) < 4.78 is 2.01. The molecule has 20 heavy (non-hydrogen) atoms. The largest absolute Gasteiger partial charge is 0.359 e. The number of aromatic nitrogens is 2. The summed E-state index contributed by atoms with van der Waals surface area (Å²) in [7, 11) is 2.12. The molecule has 0 atom stereocenters. The SMILES string of the molecule is CCCCN(C)c1c(CN)c(C)nn1-c1ccccc1. The van der Waals surface area contributed by atoms with Gasteiger partial charge in [-0.1, -0.05) is 31.5 Å². The number of benzene rings is 1. The first-order chi connectivity index (χ1) is 9.69. The van der Waals surface area contributed by atoms with Crippen LogP contribution in [-0.2, 0) is 6.54 Å². The van der Waals surface area contributed by atoms with Crippen molar-refractivity contribution < 1.29 is 0 Å². The molecule has 0 saturated heterocycles. The lowest BCUT2D eigenvalue weighted by Crippen LogP contribution is -2.23. The summed E-state index contributed by atoms with van der Waals surface area (Å²) in [5, 5.41) is 4.68. The summed E-state index contributed by atoms with van der Waals surface area (Å²) in [6, 6.07) is 10.2. The van der Waals surface area contributed by atoms with Gasteiger partial charge in [-0.2, -0.15) is 5.10 Å². The number of unbranched alkanes of at least 4 members (excludes halogenated alkanes) is 1. The number of hydrogen-bond acceptors (Lipinski definition) is 3. The maximum absolute atomic E-state index is 5.93. The Kier molecular flexibility index (Phi) is 4.79. The van der Waals surface area contributed by atoms with E-state index < -0.39 is 0 Å². The molecule has 0 aliphatic carbocycles. The fourth-order valence-electron chi connectivity index (χ4n) is 2.43. The topological polar surface area (TPSA) is 47.1 Å². The molecule has 2 aromatic rings. The number of hydrogen-bond donors (Lipinski definition) is 1. The van der Waals surface area contributed by atoms with Crippen molar-refractivity contribution in [2.24, 2.45) is 5.73 Å². The molecule has 0 radical (unpaired) electrons. The zero-order valence-corrected chi connectivity index (χ0v) is 12.6. The van der Waals surface area contributed by atoms with Gasteiger partial charge < -0.3 is 10.6 Å². The van der Waals surface area contributed by atoms with Gasteiger partial charge in [0.05, 0.1) is 11.4 Å². The van der Waals surface area contributed by atoms with Gasteiger partial charge in [-0.25, -0.2) is 4.68 Å². The van der Waals surface area contributed by atoms with Crippen LogP contribution >= 0.6 is 0 Å². The molecule has 1 aromatic heterocycles. The molecule has 1 aromatic carbocycles. The van der Waals surface area contributed by atoms with Crippen LogP contribution in [0.3, 0.4) is 0 Å². The highest BCUT2D eigenvalue weighted by atomic mass is 15.4. The Morgan fingerprint density at radius 2 is 1.95 bits per heavy atom. The van der Waals surface area contributed by atoms with Gasteiger partial charge in [0.2, 0.25) is 0 Å². The van der Waals surface area contributed by atoms with Crippen LogP contribution in [0.4, 0.5) is 5.82 Å². The second-order valence-corrected chi connectivity index (χ2v) is 5.11. The van der Waals surface area contributed by atoms with Crippen molar-refractivity contribution in [3.05, 3.63) is 41.6 Å². The molecule has 1 heterocycles. The highest BCUT2D eigenvalue weighted by molar-refractivity contribution is 5.54. The predicted molar refractivity (Wildman–Crippen MR) is 84.4 cm³/mol. The Balaban J connectivity index is 2.46. The van der Waals surface area contributed by atoms with Crippen LogP contribution in [0.2, 0.25) is 0 Å². The Hall–Kier alpha value is -1.81. The van der Waals surface area contributed by atoms with Crippen molar-refractivity contribution in [3.8, 4) is 5.69 Å². The number of rotatable bonds is 6. The third kappa shape index (κ3) is 2.85. The number of para-hydroxylation sites is 1. The molecule has 0 amide bonds. The van der Waals surface area contributed by atoms with Gasteiger partial charge in [-0.15, -0.1) is 0 Å². The molecule has 2 N–H and O–H groups in total. The zero-order chi connectivity index (χ0) is 14.5. The number of nitrogens with zero attached hydrogens (tertiary/aromatic N) is 3. The third-order valence-electron chi connectivity index (χ3n) is 3.57. The Bertz CT molecular complexity index is 545. The van der Waals surface area contributed by atoms with E-state index in [1.165, 1.54) is 12.8 Å². The van der Waals surface area contributed by atoms with Crippen LogP contribution in [0.15, 0.2) is 30.3 Å². The second kappa shape index (κ2) is 6.57. The zero-order valence-electron chi connectivity index (χ0n) is 12.6. The lowest BCUT2D eigenvalue weighted by atomic mass is 10.2. The number of anilines is 1. The first-order valence-electron chi connectivity index (χ1n) is 7.24. The van der Waals surface area contributed by atoms with E-state index in [0.717, 1.165) is 29.3 Å². The van der Waals surface area contributed by atoms with Crippen LogP contribution in [-0.4, -0.2) is 23.4 Å². The van der Waals surface area contributed by atoms with E-state index in [4.69, 9.17) is 5.73 Å². The standard InChI is InChI=1S/C16H24N4/c1-4-5-11-19(3)16-15(12-17)13(2)18-20(16)14-9-7-6-8-10-14/h6-10H,4-5,11-12,17H2,1-3H3. The van der Waals surface area contributed by atoms with Gasteiger partial charge in [-0.05, 0) is 25.5 Å². The summed E-state index contributed by atoms with van der Waals surface area (Å²) in [5.74, 6) is 1.12. The lowest BCUT2D eigenvalue weighted by molar-refractivity contribution is 0.736. The van der Waals surface area contributed by atoms with Crippen LogP contribution < -0.4 is 10.6 Å². The fourth-order valence-corrected chi connectivity index (χ4v) is 2.43. The van der Waals surface area contributed by atoms with Gasteiger partial charge in [0.25, 0.3) is 0 Å². The predicted octanol–water partition coefficient (Wildman–Crippen LogP) is 2.88. The Morgan fingerprint density at radius 3 is 2.55 bits per heavy atom. The van der Waals surface area contributed by atoms with E-state index in [1.807, 2.05) is 29.8 Å². The highest BCUT2D eigenvalue weighted by Gasteiger charge is 2.18. The summed E-state index contributed by atoms with van der Waals surface area (Å²) in [6.07, 6.45) is 2.35. The maximum Gasteiger partial charge on any atom is 0.136 e. The van der Waals surface area contributed by atoms with Gasteiger partial charge in [0, 0.05) is 25.7 Å². The molecule has 2 rings (SSSR count). The smallest absolute Gasteiger partial charge is 0.136 e. The van der Waals surface area contributed by atoms with E-state index >= 15 is 0 Å². The first kappa shape index (κ1) is 14.6. The molecule has 0 aliphatic heterocycles. The van der Waals surface area contributed by atoms with E-state index in [-0.39, 0.29) is 0 Å². The molecule has 0 fully saturated rings. The van der Waals surface area contributed by atoms with Gasteiger partial charge in [0.15, 0.2) is 0 Å². The van der Waals surface area contributed by atoms with Crippen molar-refractivity contribution in [3.63, 3.8) is 0 Å². The first-order valence-corrected chi connectivity index (χ1v) is 7.24. The van der Waals surface area contributed by atoms with Crippen molar-refractivity contribution in [2.45, 2.75) is 33.2 Å². The van der Waals surface area contributed by atoms with Gasteiger partial charge >= 0.3 is 0 Å². The molecule has 0 saturated carbocycles. The minimum absolute atomic E-state index is 0.518. The quantitative estimate of drug-likeness (QED) is 0.879. The molecule has 0 unspecified atom stereocenters. The van der Waals surface area contributed by atoms with Gasteiger partial charge in [-0.3, -0.25) is 0 Å². The van der Waals surface area contributed by atoms with E-state index in [1.54, 1.807) is 0 Å². The molecule has 108 valence electrons. The fraction of sp³-hybridized carbons (Fsp3) is 0.438. The summed E-state index contributed by atoms with van der Waals surface area (Å²) in [6.45, 7) is 5.77.